The van der Waals surface area contributed by atoms with Gasteiger partial charge in [0, 0.05) is 25.1 Å². The molecule has 0 aromatic carbocycles. The molecule has 4 heteroatoms. The highest BCUT2D eigenvalue weighted by Gasteiger charge is 2.16. The minimum Gasteiger partial charge on any atom is -0.466 e. The second-order valence-electron chi connectivity index (χ2n) is 3.35. The van der Waals surface area contributed by atoms with Gasteiger partial charge in [-0.3, -0.25) is 4.79 Å². The van der Waals surface area contributed by atoms with Crippen LogP contribution in [0, 0.1) is 0 Å². The molecule has 1 saturated heterocycles. The molecule has 0 unspecified atom stereocenters. The first-order chi connectivity index (χ1) is 7.02. The molecule has 1 rings (SSSR count). The Morgan fingerprint density at radius 3 is 2.33 bits per heavy atom. The van der Waals surface area contributed by atoms with E-state index in [2.05, 4.69) is 11.3 Å². The second-order valence-corrected chi connectivity index (χ2v) is 3.35. The van der Waals surface area contributed by atoms with E-state index < -0.39 is 0 Å². The molecule has 0 saturated carbocycles. The maximum absolute atomic E-state index is 10.7. The zero-order chi connectivity index (χ0) is 11.8. The van der Waals surface area contributed by atoms with Crippen molar-refractivity contribution in [3.63, 3.8) is 0 Å². The molecule has 1 heterocycles. The lowest BCUT2D eigenvalue weighted by molar-refractivity contribution is -0.136. The summed E-state index contributed by atoms with van der Waals surface area (Å²) in [7, 11) is 1.33. The van der Waals surface area contributed by atoms with Crippen LogP contribution in [0.15, 0.2) is 12.2 Å². The summed E-state index contributed by atoms with van der Waals surface area (Å²) in [5, 5.41) is 0. The fourth-order valence-corrected chi connectivity index (χ4v) is 1.21. The highest BCUT2D eigenvalue weighted by atomic mass is 16.5. The molecule has 4 nitrogen and oxygen atoms in total. The lowest BCUT2D eigenvalue weighted by Crippen LogP contribution is -2.23. The van der Waals surface area contributed by atoms with Crippen LogP contribution in [-0.2, 0) is 14.3 Å². The van der Waals surface area contributed by atoms with Gasteiger partial charge in [-0.05, 0) is 20.3 Å². The number of ether oxygens (including phenoxy) is 1. The molecule has 0 N–H and O–H groups in total. The number of methoxy groups -OCH3 is 1. The van der Waals surface area contributed by atoms with Gasteiger partial charge in [0.05, 0.1) is 7.11 Å². The van der Waals surface area contributed by atoms with Crippen LogP contribution in [-0.4, -0.2) is 37.0 Å². The molecule has 1 aliphatic rings. The summed E-state index contributed by atoms with van der Waals surface area (Å²) in [6.45, 7) is 8.84. The standard InChI is InChI=1S/C6H11NO.C5H8O2/c1-2-7-5-3-4-6(7)8;1-4(2)5(6)7-3/h2-5H2,1H3;1H2,2-3H3. The van der Waals surface area contributed by atoms with Gasteiger partial charge in [0.2, 0.25) is 5.91 Å². The molecule has 0 aliphatic carbocycles. The third-order valence-electron chi connectivity index (χ3n) is 2.09. The topological polar surface area (TPSA) is 46.6 Å². The Hall–Kier alpha value is -1.32. The Bertz CT molecular complexity index is 248. The van der Waals surface area contributed by atoms with Gasteiger partial charge < -0.3 is 9.64 Å². The number of hydrogen-bond acceptors (Lipinski definition) is 3. The predicted octanol–water partition coefficient (Wildman–Crippen LogP) is 1.36. The molecule has 0 spiro atoms. The lowest BCUT2D eigenvalue weighted by atomic mass is 10.4. The van der Waals surface area contributed by atoms with E-state index in [0.29, 0.717) is 11.5 Å². The number of likely N-dealkylation sites (tertiary alicyclic amines) is 1. The Morgan fingerprint density at radius 2 is 2.20 bits per heavy atom. The van der Waals surface area contributed by atoms with Gasteiger partial charge in [0.1, 0.15) is 0 Å². The van der Waals surface area contributed by atoms with Gasteiger partial charge in [-0.2, -0.15) is 0 Å². The molecule has 0 bridgehead atoms. The van der Waals surface area contributed by atoms with Gasteiger partial charge >= 0.3 is 5.97 Å². The molecular weight excluding hydrogens is 194 g/mol. The zero-order valence-corrected chi connectivity index (χ0v) is 9.71. The number of rotatable bonds is 2. The van der Waals surface area contributed by atoms with Crippen molar-refractivity contribution in [3.8, 4) is 0 Å². The molecule has 15 heavy (non-hydrogen) atoms. The summed E-state index contributed by atoms with van der Waals surface area (Å²) in [5.41, 5.74) is 0.433. The fourth-order valence-electron chi connectivity index (χ4n) is 1.21. The van der Waals surface area contributed by atoms with E-state index in [1.807, 2.05) is 11.8 Å². The van der Waals surface area contributed by atoms with Gasteiger partial charge in [0.15, 0.2) is 0 Å². The van der Waals surface area contributed by atoms with Gasteiger partial charge in [-0.1, -0.05) is 6.58 Å². The first-order valence-electron chi connectivity index (χ1n) is 5.04. The van der Waals surface area contributed by atoms with E-state index in [9.17, 15) is 9.59 Å². The molecule has 0 radical (unpaired) electrons. The largest absolute Gasteiger partial charge is 0.466 e. The zero-order valence-electron chi connectivity index (χ0n) is 9.71. The maximum atomic E-state index is 10.7. The third-order valence-corrected chi connectivity index (χ3v) is 2.09. The van der Waals surface area contributed by atoms with Crippen molar-refractivity contribution in [2.45, 2.75) is 26.7 Å². The average Bonchev–Trinajstić information content (AvgIpc) is 2.63. The van der Waals surface area contributed by atoms with Crippen LogP contribution >= 0.6 is 0 Å². The fraction of sp³-hybridized carbons (Fsp3) is 0.636. The van der Waals surface area contributed by atoms with Gasteiger partial charge in [-0.25, -0.2) is 4.79 Å². The number of amides is 1. The van der Waals surface area contributed by atoms with E-state index in [1.54, 1.807) is 6.92 Å². The maximum Gasteiger partial charge on any atom is 0.332 e. The van der Waals surface area contributed by atoms with Gasteiger partial charge in [-0.15, -0.1) is 0 Å². The molecule has 0 aromatic heterocycles. The lowest BCUT2D eigenvalue weighted by Gasteiger charge is -2.10. The summed E-state index contributed by atoms with van der Waals surface area (Å²) in [6.07, 6.45) is 1.83. The van der Waals surface area contributed by atoms with Crippen molar-refractivity contribution in [1.29, 1.82) is 0 Å². The van der Waals surface area contributed by atoms with Crippen LogP contribution in [0.2, 0.25) is 0 Å². The summed E-state index contributed by atoms with van der Waals surface area (Å²) in [4.78, 5) is 22.8. The van der Waals surface area contributed by atoms with Crippen LogP contribution in [0.4, 0.5) is 0 Å². The average molecular weight is 213 g/mol. The monoisotopic (exact) mass is 213 g/mol. The van der Waals surface area contributed by atoms with Crippen LogP contribution in [0.5, 0.6) is 0 Å². The predicted molar refractivity (Wildman–Crippen MR) is 58.3 cm³/mol. The van der Waals surface area contributed by atoms with Crippen molar-refractivity contribution < 1.29 is 14.3 Å². The smallest absolute Gasteiger partial charge is 0.332 e. The number of carbonyl (C=O) groups excluding carboxylic acids is 2. The summed E-state index contributed by atoms with van der Waals surface area (Å²) in [6, 6.07) is 0. The van der Waals surface area contributed by atoms with Crippen molar-refractivity contribution in [2.24, 2.45) is 0 Å². The van der Waals surface area contributed by atoms with E-state index in [4.69, 9.17) is 0 Å². The van der Waals surface area contributed by atoms with Crippen molar-refractivity contribution >= 4 is 11.9 Å². The van der Waals surface area contributed by atoms with E-state index in [0.717, 1.165) is 25.9 Å². The normalized spacial score (nSPS) is 14.3. The van der Waals surface area contributed by atoms with Crippen LogP contribution in [0.3, 0.4) is 0 Å². The Morgan fingerprint density at radius 1 is 1.60 bits per heavy atom. The Labute approximate surface area is 90.9 Å². The highest BCUT2D eigenvalue weighted by Crippen LogP contribution is 2.07. The molecule has 86 valence electrons. The number of carbonyl (C=O) groups is 2. The number of esters is 1. The molecule has 1 fully saturated rings. The van der Waals surface area contributed by atoms with Crippen molar-refractivity contribution in [1.82, 2.24) is 4.90 Å². The second kappa shape index (κ2) is 7.04. The highest BCUT2D eigenvalue weighted by molar-refractivity contribution is 5.86. The molecular formula is C11H19NO3. The first kappa shape index (κ1) is 13.7. The quantitative estimate of drug-likeness (QED) is 0.514. The van der Waals surface area contributed by atoms with Gasteiger partial charge in [0.25, 0.3) is 0 Å². The summed E-state index contributed by atoms with van der Waals surface area (Å²) >= 11 is 0. The van der Waals surface area contributed by atoms with Crippen molar-refractivity contribution in [3.05, 3.63) is 12.2 Å². The molecule has 0 aromatic rings. The molecule has 0 atom stereocenters. The van der Waals surface area contributed by atoms with Crippen LogP contribution in [0.1, 0.15) is 26.7 Å². The number of nitrogens with zero attached hydrogens (tertiary/aromatic N) is 1. The number of hydrogen-bond donors (Lipinski definition) is 0. The summed E-state index contributed by atoms with van der Waals surface area (Å²) < 4.78 is 4.27. The molecule has 1 aliphatic heterocycles. The minimum atomic E-state index is -0.347. The Balaban J connectivity index is 0.000000265. The van der Waals surface area contributed by atoms with Crippen LogP contribution in [0.25, 0.3) is 0 Å². The SMILES string of the molecule is C=C(C)C(=O)OC.CCN1CCCC1=O. The minimum absolute atomic E-state index is 0.326. The van der Waals surface area contributed by atoms with E-state index in [1.165, 1.54) is 7.11 Å². The molecule has 1 amide bonds. The Kier molecular flexibility index (Phi) is 6.42. The first-order valence-corrected chi connectivity index (χ1v) is 5.04. The summed E-state index contributed by atoms with van der Waals surface area (Å²) in [5.74, 6) is -0.0208. The van der Waals surface area contributed by atoms with E-state index in [-0.39, 0.29) is 5.97 Å². The van der Waals surface area contributed by atoms with Crippen molar-refractivity contribution in [2.75, 3.05) is 20.2 Å². The van der Waals surface area contributed by atoms with E-state index >= 15 is 0 Å². The van der Waals surface area contributed by atoms with Crippen LogP contribution < -0.4 is 0 Å². The third kappa shape index (κ3) is 5.20.